The number of carbonyl (C=O) groups excluding carboxylic acids is 2. The largest absolute Gasteiger partial charge is 0.383 e. The lowest BCUT2D eigenvalue weighted by molar-refractivity contribution is -0.126. The lowest BCUT2D eigenvalue weighted by Crippen LogP contribution is -2.45. The summed E-state index contributed by atoms with van der Waals surface area (Å²) < 4.78 is 32.8. The van der Waals surface area contributed by atoms with Gasteiger partial charge in [-0.25, -0.2) is 8.42 Å². The summed E-state index contributed by atoms with van der Waals surface area (Å²) in [4.78, 5) is 26.1. The van der Waals surface area contributed by atoms with Gasteiger partial charge in [0.25, 0.3) is 0 Å². The normalized spacial score (nSPS) is 20.2. The van der Waals surface area contributed by atoms with Crippen molar-refractivity contribution in [3.8, 4) is 0 Å². The summed E-state index contributed by atoms with van der Waals surface area (Å²) in [6.45, 7) is 3.59. The van der Waals surface area contributed by atoms with Crippen LogP contribution in [0.15, 0.2) is 23.1 Å². The lowest BCUT2D eigenvalue weighted by Gasteiger charge is -2.32. The molecular formula is C20H29N3O5S. The monoisotopic (exact) mass is 423 g/mol. The van der Waals surface area contributed by atoms with Crippen molar-refractivity contribution in [1.82, 2.24) is 9.62 Å². The highest BCUT2D eigenvalue weighted by atomic mass is 32.2. The number of ether oxygens (including phenoxy) is 1. The van der Waals surface area contributed by atoms with Crippen LogP contribution in [0.5, 0.6) is 0 Å². The van der Waals surface area contributed by atoms with Crippen molar-refractivity contribution >= 4 is 27.5 Å². The predicted octanol–water partition coefficient (Wildman–Crippen LogP) is 1.15. The Hall–Kier alpha value is -1.97. The van der Waals surface area contributed by atoms with E-state index >= 15 is 0 Å². The van der Waals surface area contributed by atoms with Gasteiger partial charge in [-0.2, -0.15) is 4.31 Å². The van der Waals surface area contributed by atoms with Crippen molar-refractivity contribution in [2.24, 2.45) is 5.92 Å². The first-order chi connectivity index (χ1) is 13.8. The summed E-state index contributed by atoms with van der Waals surface area (Å²) in [5, 5.41) is 2.80. The molecule has 160 valence electrons. The minimum Gasteiger partial charge on any atom is -0.383 e. The maximum absolute atomic E-state index is 13.2. The van der Waals surface area contributed by atoms with Gasteiger partial charge >= 0.3 is 0 Å². The van der Waals surface area contributed by atoms with Crippen LogP contribution in [0.4, 0.5) is 5.69 Å². The molecule has 1 fully saturated rings. The van der Waals surface area contributed by atoms with Crippen LogP contribution in [0.1, 0.15) is 31.7 Å². The third kappa shape index (κ3) is 4.79. The molecule has 2 amide bonds. The molecule has 1 N–H and O–H groups in total. The molecule has 1 atom stereocenters. The minimum absolute atomic E-state index is 0.0417. The zero-order valence-electron chi connectivity index (χ0n) is 17.0. The van der Waals surface area contributed by atoms with Crippen LogP contribution in [0.3, 0.4) is 0 Å². The fourth-order valence-corrected chi connectivity index (χ4v) is 5.58. The number of amides is 2. The summed E-state index contributed by atoms with van der Waals surface area (Å²) in [7, 11) is -2.13. The Balaban J connectivity index is 1.76. The van der Waals surface area contributed by atoms with Crippen LogP contribution >= 0.6 is 0 Å². The highest BCUT2D eigenvalue weighted by Crippen LogP contribution is 2.31. The molecule has 2 aliphatic rings. The van der Waals surface area contributed by atoms with Gasteiger partial charge in [-0.05, 0) is 49.4 Å². The smallest absolute Gasteiger partial charge is 0.243 e. The molecule has 0 saturated carbocycles. The van der Waals surface area contributed by atoms with E-state index < -0.39 is 10.0 Å². The molecule has 0 unspecified atom stereocenters. The number of methoxy groups -OCH3 is 1. The van der Waals surface area contributed by atoms with E-state index in [1.807, 2.05) is 0 Å². The first-order valence-electron chi connectivity index (χ1n) is 10.0. The van der Waals surface area contributed by atoms with Crippen LogP contribution in [-0.4, -0.2) is 64.4 Å². The third-order valence-corrected chi connectivity index (χ3v) is 7.41. The van der Waals surface area contributed by atoms with Gasteiger partial charge in [0.05, 0.1) is 17.4 Å². The quantitative estimate of drug-likeness (QED) is 0.693. The van der Waals surface area contributed by atoms with Gasteiger partial charge < -0.3 is 15.0 Å². The summed E-state index contributed by atoms with van der Waals surface area (Å²) in [6, 6.07) is 4.97. The van der Waals surface area contributed by atoms with Crippen LogP contribution in [-0.2, 0) is 30.8 Å². The van der Waals surface area contributed by atoms with Gasteiger partial charge in [0.1, 0.15) is 0 Å². The lowest BCUT2D eigenvalue weighted by atomic mass is 9.99. The third-order valence-electron chi connectivity index (χ3n) is 5.55. The SMILES string of the molecule is COCCNC(=O)[C@@H]1CCCN(S(=O)(=O)c2ccc3c(c2)CCCN3C(C)=O)C1. The fraction of sp³-hybridized carbons (Fsp3) is 0.600. The molecule has 0 aliphatic carbocycles. The second kappa shape index (κ2) is 9.23. The average Bonchev–Trinajstić information content (AvgIpc) is 2.73. The Bertz CT molecular complexity index is 871. The minimum atomic E-state index is -3.70. The van der Waals surface area contributed by atoms with Gasteiger partial charge in [0.15, 0.2) is 0 Å². The topological polar surface area (TPSA) is 96.0 Å². The first kappa shape index (κ1) is 21.7. The Kier molecular flexibility index (Phi) is 6.92. The van der Waals surface area contributed by atoms with Crippen LogP contribution in [0.25, 0.3) is 0 Å². The van der Waals surface area contributed by atoms with Crippen molar-refractivity contribution in [3.05, 3.63) is 23.8 Å². The number of carbonyl (C=O) groups is 2. The van der Waals surface area contributed by atoms with Crippen molar-refractivity contribution in [1.29, 1.82) is 0 Å². The van der Waals surface area contributed by atoms with Gasteiger partial charge in [0.2, 0.25) is 21.8 Å². The summed E-state index contributed by atoms with van der Waals surface area (Å²) in [5.41, 5.74) is 1.66. The number of hydrogen-bond donors (Lipinski definition) is 1. The summed E-state index contributed by atoms with van der Waals surface area (Å²) in [6.07, 6.45) is 2.86. The number of benzene rings is 1. The number of anilines is 1. The van der Waals surface area contributed by atoms with E-state index in [2.05, 4.69) is 5.32 Å². The van der Waals surface area contributed by atoms with Crippen molar-refractivity contribution in [3.63, 3.8) is 0 Å². The first-order valence-corrected chi connectivity index (χ1v) is 11.5. The number of hydrogen-bond acceptors (Lipinski definition) is 5. The predicted molar refractivity (Wildman–Crippen MR) is 109 cm³/mol. The van der Waals surface area contributed by atoms with Gasteiger partial charge in [-0.15, -0.1) is 0 Å². The Labute approximate surface area is 172 Å². The molecule has 9 heteroatoms. The fourth-order valence-electron chi connectivity index (χ4n) is 4.01. The van der Waals surface area contributed by atoms with E-state index in [0.717, 1.165) is 24.1 Å². The van der Waals surface area contributed by atoms with Crippen molar-refractivity contribution < 1.29 is 22.7 Å². The second-order valence-electron chi connectivity index (χ2n) is 7.55. The molecule has 2 aliphatic heterocycles. The van der Waals surface area contributed by atoms with E-state index in [-0.39, 0.29) is 29.2 Å². The number of nitrogens with one attached hydrogen (secondary N) is 1. The van der Waals surface area contributed by atoms with Crippen LogP contribution in [0.2, 0.25) is 0 Å². The molecule has 1 aromatic rings. The maximum Gasteiger partial charge on any atom is 0.243 e. The molecule has 29 heavy (non-hydrogen) atoms. The number of fused-ring (bicyclic) bond motifs is 1. The van der Waals surface area contributed by atoms with Gasteiger partial charge in [-0.3, -0.25) is 9.59 Å². The van der Waals surface area contributed by atoms with Crippen LogP contribution in [0, 0.1) is 5.92 Å². The van der Waals surface area contributed by atoms with E-state index in [0.29, 0.717) is 39.1 Å². The number of aryl methyl sites for hydroxylation is 1. The van der Waals surface area contributed by atoms with Gasteiger partial charge in [0, 0.05) is 45.9 Å². The zero-order valence-corrected chi connectivity index (χ0v) is 17.8. The van der Waals surface area contributed by atoms with Crippen LogP contribution < -0.4 is 10.2 Å². The molecule has 8 nitrogen and oxygen atoms in total. The molecular weight excluding hydrogens is 394 g/mol. The number of rotatable bonds is 6. The molecule has 0 radical (unpaired) electrons. The Morgan fingerprint density at radius 3 is 2.76 bits per heavy atom. The Morgan fingerprint density at radius 1 is 1.24 bits per heavy atom. The van der Waals surface area contributed by atoms with Crippen molar-refractivity contribution in [2.75, 3.05) is 44.8 Å². The number of sulfonamides is 1. The highest BCUT2D eigenvalue weighted by molar-refractivity contribution is 7.89. The molecule has 0 bridgehead atoms. The standard InChI is InChI=1S/C20H29N3O5S/c1-15(24)23-11-4-5-16-13-18(7-8-19(16)23)29(26,27)22-10-3-6-17(14-22)20(25)21-9-12-28-2/h7-8,13,17H,3-6,9-12,14H2,1-2H3,(H,21,25)/t17-/m1/s1. The van der Waals surface area contributed by atoms with Gasteiger partial charge in [-0.1, -0.05) is 0 Å². The number of nitrogens with zero attached hydrogens (tertiary/aromatic N) is 2. The molecule has 2 heterocycles. The summed E-state index contributed by atoms with van der Waals surface area (Å²) >= 11 is 0. The van der Waals surface area contributed by atoms with Crippen molar-refractivity contribution in [2.45, 2.75) is 37.5 Å². The average molecular weight is 424 g/mol. The van der Waals surface area contributed by atoms with E-state index in [9.17, 15) is 18.0 Å². The molecule has 1 aromatic carbocycles. The van der Waals surface area contributed by atoms with E-state index in [1.54, 1.807) is 30.2 Å². The molecule has 0 aromatic heterocycles. The Morgan fingerprint density at radius 2 is 2.03 bits per heavy atom. The summed E-state index contributed by atoms with van der Waals surface area (Å²) in [5.74, 6) is -0.536. The molecule has 0 spiro atoms. The molecule has 1 saturated heterocycles. The zero-order chi connectivity index (χ0) is 21.0. The second-order valence-corrected chi connectivity index (χ2v) is 9.49. The molecule has 3 rings (SSSR count). The van der Waals surface area contributed by atoms with E-state index in [1.165, 1.54) is 11.2 Å². The van der Waals surface area contributed by atoms with E-state index in [4.69, 9.17) is 4.74 Å². The number of piperidine rings is 1. The maximum atomic E-state index is 13.2. The highest BCUT2D eigenvalue weighted by Gasteiger charge is 2.34.